The fourth-order valence-electron chi connectivity index (χ4n) is 1.69. The molecule has 0 aliphatic rings. The van der Waals surface area contributed by atoms with E-state index >= 15 is 0 Å². The van der Waals surface area contributed by atoms with Gasteiger partial charge in [-0.1, -0.05) is 52.4 Å². The molecule has 0 aliphatic heterocycles. The fraction of sp³-hybridized carbons (Fsp3) is 0.929. The Balaban J connectivity index is 3.21. The number of carbonyl (C=O) groups excluding carboxylic acids is 1. The Labute approximate surface area is 101 Å². The molecule has 2 heteroatoms. The second kappa shape index (κ2) is 11.0. The summed E-state index contributed by atoms with van der Waals surface area (Å²) in [6.07, 6.45) is 10.6. The van der Waals surface area contributed by atoms with Crippen LogP contribution in [0.2, 0.25) is 0 Å². The van der Waals surface area contributed by atoms with E-state index in [1.54, 1.807) is 0 Å². The van der Waals surface area contributed by atoms with E-state index in [1.165, 1.54) is 38.5 Å². The lowest BCUT2D eigenvalue weighted by molar-refractivity contribution is -0.121. The molecule has 0 saturated heterocycles. The van der Waals surface area contributed by atoms with Crippen LogP contribution in [0.4, 0.5) is 0 Å². The highest BCUT2D eigenvalue weighted by Crippen LogP contribution is 2.08. The summed E-state index contributed by atoms with van der Waals surface area (Å²) in [6.45, 7) is 6.39. The molecule has 1 N–H and O–H groups in total. The van der Waals surface area contributed by atoms with E-state index in [0.717, 1.165) is 12.8 Å². The summed E-state index contributed by atoms with van der Waals surface area (Å²) in [4.78, 5) is 11.4. The molecule has 0 aromatic carbocycles. The van der Waals surface area contributed by atoms with Gasteiger partial charge in [0.25, 0.3) is 0 Å². The predicted molar refractivity (Wildman–Crippen MR) is 70.5 cm³/mol. The topological polar surface area (TPSA) is 29.1 Å². The molecule has 0 radical (unpaired) electrons. The van der Waals surface area contributed by atoms with Crippen molar-refractivity contribution in [1.82, 2.24) is 5.32 Å². The van der Waals surface area contributed by atoms with Gasteiger partial charge in [0.2, 0.25) is 5.91 Å². The van der Waals surface area contributed by atoms with Gasteiger partial charge >= 0.3 is 0 Å². The molecule has 0 bridgehead atoms. The van der Waals surface area contributed by atoms with Gasteiger partial charge in [-0.3, -0.25) is 4.79 Å². The summed E-state index contributed by atoms with van der Waals surface area (Å²) in [5, 5.41) is 3.00. The molecule has 0 rings (SSSR count). The quantitative estimate of drug-likeness (QED) is 0.561. The average Bonchev–Trinajstić information content (AvgIpc) is 2.27. The summed E-state index contributed by atoms with van der Waals surface area (Å²) in [5.74, 6) is 0.225. The molecule has 96 valence electrons. The lowest BCUT2D eigenvalue weighted by atomic mass is 10.1. The highest BCUT2D eigenvalue weighted by atomic mass is 16.1. The van der Waals surface area contributed by atoms with Gasteiger partial charge in [0.15, 0.2) is 0 Å². The van der Waals surface area contributed by atoms with Gasteiger partial charge in [0.1, 0.15) is 0 Å². The first kappa shape index (κ1) is 15.5. The zero-order chi connectivity index (χ0) is 12.2. The first-order valence-corrected chi connectivity index (χ1v) is 7.00. The van der Waals surface area contributed by atoms with Crippen LogP contribution in [0.5, 0.6) is 0 Å². The third kappa shape index (κ3) is 10.0. The van der Waals surface area contributed by atoms with Crippen molar-refractivity contribution in [2.24, 2.45) is 0 Å². The van der Waals surface area contributed by atoms with Crippen LogP contribution in [0.1, 0.15) is 78.6 Å². The Morgan fingerprint density at radius 1 is 1.00 bits per heavy atom. The molecule has 0 aliphatic carbocycles. The van der Waals surface area contributed by atoms with Crippen molar-refractivity contribution in [2.75, 3.05) is 0 Å². The van der Waals surface area contributed by atoms with E-state index in [-0.39, 0.29) is 5.91 Å². The third-order valence-electron chi connectivity index (χ3n) is 3.03. The zero-order valence-electron chi connectivity index (χ0n) is 11.3. The fourth-order valence-corrected chi connectivity index (χ4v) is 1.69. The Morgan fingerprint density at radius 3 is 2.12 bits per heavy atom. The molecule has 0 aromatic heterocycles. The Hall–Kier alpha value is -0.530. The molecule has 1 amide bonds. The van der Waals surface area contributed by atoms with Crippen LogP contribution >= 0.6 is 0 Å². The van der Waals surface area contributed by atoms with E-state index in [9.17, 15) is 4.79 Å². The maximum Gasteiger partial charge on any atom is 0.220 e. The summed E-state index contributed by atoms with van der Waals surface area (Å²) in [5.41, 5.74) is 0. The number of rotatable bonds is 10. The van der Waals surface area contributed by atoms with Crippen LogP contribution in [0.25, 0.3) is 0 Å². The minimum absolute atomic E-state index is 0.225. The molecule has 1 unspecified atom stereocenters. The number of hydrogen-bond acceptors (Lipinski definition) is 1. The van der Waals surface area contributed by atoms with Gasteiger partial charge in [0, 0.05) is 12.5 Å². The van der Waals surface area contributed by atoms with Gasteiger partial charge in [0.05, 0.1) is 0 Å². The molecule has 16 heavy (non-hydrogen) atoms. The summed E-state index contributed by atoms with van der Waals surface area (Å²) in [7, 11) is 0. The SMILES string of the molecule is CCCCCCCCCC(=O)NC(C)CC. The van der Waals surface area contributed by atoms with Crippen molar-refractivity contribution >= 4 is 5.91 Å². The van der Waals surface area contributed by atoms with Crippen molar-refractivity contribution in [3.8, 4) is 0 Å². The minimum atomic E-state index is 0.225. The van der Waals surface area contributed by atoms with E-state index in [0.29, 0.717) is 12.5 Å². The molecule has 0 saturated carbocycles. The second-order valence-electron chi connectivity index (χ2n) is 4.75. The van der Waals surface area contributed by atoms with Crippen molar-refractivity contribution in [1.29, 1.82) is 0 Å². The standard InChI is InChI=1S/C14H29NO/c1-4-6-7-8-9-10-11-12-14(16)15-13(3)5-2/h13H,4-12H2,1-3H3,(H,15,16). The van der Waals surface area contributed by atoms with E-state index < -0.39 is 0 Å². The number of carbonyl (C=O) groups is 1. The van der Waals surface area contributed by atoms with Crippen LogP contribution in [0.3, 0.4) is 0 Å². The Kier molecular flexibility index (Phi) is 10.6. The normalized spacial score (nSPS) is 12.4. The highest BCUT2D eigenvalue weighted by Gasteiger charge is 2.04. The van der Waals surface area contributed by atoms with Crippen LogP contribution in [0.15, 0.2) is 0 Å². The summed E-state index contributed by atoms with van der Waals surface area (Å²) in [6, 6.07) is 0.331. The summed E-state index contributed by atoms with van der Waals surface area (Å²) >= 11 is 0. The molecule has 0 fully saturated rings. The van der Waals surface area contributed by atoms with Crippen molar-refractivity contribution < 1.29 is 4.79 Å². The van der Waals surface area contributed by atoms with Crippen molar-refractivity contribution in [3.63, 3.8) is 0 Å². The largest absolute Gasteiger partial charge is 0.354 e. The first-order chi connectivity index (χ1) is 7.70. The van der Waals surface area contributed by atoms with Gasteiger partial charge < -0.3 is 5.32 Å². The average molecular weight is 227 g/mol. The van der Waals surface area contributed by atoms with Gasteiger partial charge in [-0.2, -0.15) is 0 Å². The predicted octanol–water partition coefficient (Wildman–Crippen LogP) is 4.04. The lowest BCUT2D eigenvalue weighted by Gasteiger charge is -2.10. The van der Waals surface area contributed by atoms with E-state index in [2.05, 4.69) is 26.1 Å². The van der Waals surface area contributed by atoms with Crippen molar-refractivity contribution in [2.45, 2.75) is 84.6 Å². The summed E-state index contributed by atoms with van der Waals surface area (Å²) < 4.78 is 0. The second-order valence-corrected chi connectivity index (χ2v) is 4.75. The zero-order valence-corrected chi connectivity index (χ0v) is 11.3. The molecule has 0 heterocycles. The van der Waals surface area contributed by atoms with Gasteiger partial charge in [-0.25, -0.2) is 0 Å². The van der Waals surface area contributed by atoms with Crippen LogP contribution in [0, 0.1) is 0 Å². The number of hydrogen-bond donors (Lipinski definition) is 1. The smallest absolute Gasteiger partial charge is 0.220 e. The number of unbranched alkanes of at least 4 members (excludes halogenated alkanes) is 6. The third-order valence-corrected chi connectivity index (χ3v) is 3.03. The van der Waals surface area contributed by atoms with E-state index in [4.69, 9.17) is 0 Å². The van der Waals surface area contributed by atoms with Gasteiger partial charge in [-0.05, 0) is 19.8 Å². The van der Waals surface area contributed by atoms with Crippen LogP contribution in [-0.2, 0) is 4.79 Å². The molecular weight excluding hydrogens is 198 g/mol. The Bertz CT molecular complexity index is 168. The first-order valence-electron chi connectivity index (χ1n) is 7.00. The number of amides is 1. The minimum Gasteiger partial charge on any atom is -0.354 e. The lowest BCUT2D eigenvalue weighted by Crippen LogP contribution is -2.31. The van der Waals surface area contributed by atoms with Crippen molar-refractivity contribution in [3.05, 3.63) is 0 Å². The molecule has 1 atom stereocenters. The number of nitrogens with one attached hydrogen (secondary N) is 1. The molecule has 0 aromatic rings. The van der Waals surface area contributed by atoms with E-state index in [1.807, 2.05) is 0 Å². The maximum absolute atomic E-state index is 11.4. The molecule has 2 nitrogen and oxygen atoms in total. The molecular formula is C14H29NO. The van der Waals surface area contributed by atoms with Gasteiger partial charge in [-0.15, -0.1) is 0 Å². The Morgan fingerprint density at radius 2 is 1.56 bits per heavy atom. The van der Waals surface area contributed by atoms with Crippen LogP contribution < -0.4 is 5.32 Å². The monoisotopic (exact) mass is 227 g/mol. The molecule has 0 spiro atoms. The maximum atomic E-state index is 11.4. The highest BCUT2D eigenvalue weighted by molar-refractivity contribution is 5.76. The van der Waals surface area contributed by atoms with Crippen LogP contribution in [-0.4, -0.2) is 11.9 Å².